The summed E-state index contributed by atoms with van der Waals surface area (Å²) in [6.45, 7) is 3.93. The van der Waals surface area contributed by atoms with Gasteiger partial charge in [-0.05, 0) is 82.1 Å². The van der Waals surface area contributed by atoms with E-state index in [1.807, 2.05) is 13.8 Å². The number of hydrogen-bond acceptors (Lipinski definition) is 3. The molecule has 4 fully saturated rings. The molecule has 2 aromatic rings. The van der Waals surface area contributed by atoms with Gasteiger partial charge in [-0.25, -0.2) is 9.50 Å². The number of carbonyl (C=O) groups excluding carboxylic acids is 1. The van der Waals surface area contributed by atoms with E-state index in [0.29, 0.717) is 18.5 Å². The summed E-state index contributed by atoms with van der Waals surface area (Å²) in [7, 11) is 0. The third-order valence-corrected chi connectivity index (χ3v) is 7.25. The Morgan fingerprint density at radius 3 is 2.48 bits per heavy atom. The van der Waals surface area contributed by atoms with E-state index in [0.717, 1.165) is 34.7 Å². The van der Waals surface area contributed by atoms with Gasteiger partial charge in [0.2, 0.25) is 5.91 Å². The van der Waals surface area contributed by atoms with Crippen molar-refractivity contribution < 1.29 is 4.79 Å². The van der Waals surface area contributed by atoms with Crippen LogP contribution in [0.5, 0.6) is 0 Å². The van der Waals surface area contributed by atoms with E-state index in [2.05, 4.69) is 15.4 Å². The van der Waals surface area contributed by atoms with Crippen LogP contribution in [0, 0.1) is 31.6 Å². The summed E-state index contributed by atoms with van der Waals surface area (Å²) < 4.78 is 1.72. The Kier molecular flexibility index (Phi) is 3.75. The van der Waals surface area contributed by atoms with Crippen LogP contribution in [0.15, 0.2) is 10.9 Å². The van der Waals surface area contributed by atoms with Gasteiger partial charge < -0.3 is 5.32 Å². The van der Waals surface area contributed by atoms with Crippen LogP contribution in [0.1, 0.15) is 61.9 Å². The minimum Gasteiger partial charge on any atom is -0.351 e. The molecule has 6 heteroatoms. The molecule has 2 aromatic heterocycles. The smallest absolute Gasteiger partial charge is 0.266 e. The van der Waals surface area contributed by atoms with Crippen molar-refractivity contribution in [2.24, 2.45) is 17.8 Å². The molecule has 0 unspecified atom stereocenters. The predicted octanol–water partition coefficient (Wildman–Crippen LogP) is 2.66. The number of rotatable bonds is 4. The fourth-order valence-corrected chi connectivity index (χ4v) is 6.58. The second-order valence-electron chi connectivity index (χ2n) is 9.32. The number of nitrogens with one attached hydrogen (secondary N) is 2. The molecule has 0 aromatic carbocycles. The van der Waals surface area contributed by atoms with Crippen LogP contribution in [0.4, 0.5) is 0 Å². The van der Waals surface area contributed by atoms with Crippen molar-refractivity contribution in [3.8, 4) is 0 Å². The molecule has 27 heavy (non-hydrogen) atoms. The maximum atomic E-state index is 12.8. The first-order valence-electron chi connectivity index (χ1n) is 10.3. The number of aromatic nitrogens is 3. The molecule has 144 valence electrons. The summed E-state index contributed by atoms with van der Waals surface area (Å²) >= 11 is 0. The molecule has 2 heterocycles. The average Bonchev–Trinajstić information content (AvgIpc) is 2.93. The number of hydrogen-bond donors (Lipinski definition) is 2. The lowest BCUT2D eigenvalue weighted by Crippen LogP contribution is -2.59. The molecule has 0 radical (unpaired) electrons. The Balaban J connectivity index is 1.30. The van der Waals surface area contributed by atoms with Crippen molar-refractivity contribution in [3.05, 3.63) is 33.4 Å². The highest BCUT2D eigenvalue weighted by Gasteiger charge is 2.51. The van der Waals surface area contributed by atoms with Gasteiger partial charge in [-0.2, -0.15) is 0 Å². The number of nitrogens with zero attached hydrogens (tertiary/aromatic N) is 2. The lowest BCUT2D eigenvalue weighted by atomic mass is 9.53. The molecule has 1 amide bonds. The van der Waals surface area contributed by atoms with Gasteiger partial charge >= 0.3 is 0 Å². The van der Waals surface area contributed by atoms with Crippen molar-refractivity contribution in [2.75, 3.05) is 0 Å². The summed E-state index contributed by atoms with van der Waals surface area (Å²) in [5.74, 6) is 2.66. The zero-order valence-corrected chi connectivity index (χ0v) is 16.2. The van der Waals surface area contributed by atoms with E-state index in [4.69, 9.17) is 0 Å². The van der Waals surface area contributed by atoms with Crippen molar-refractivity contribution in [2.45, 2.75) is 70.8 Å². The number of fused-ring (bicyclic) bond motifs is 1. The lowest BCUT2D eigenvalue weighted by molar-refractivity contribution is -0.126. The standard InChI is InChI=1S/C21H28N4O2/c1-12-17(13(2)25-18(22-12)8-20(27)24-25)3-4-19(26)23-21-9-14-5-15(10-21)7-16(6-14)11-21/h8,14-16H,3-7,9-11H2,1-2H3,(H,23,26)(H,24,27). The van der Waals surface area contributed by atoms with E-state index in [1.54, 1.807) is 4.52 Å². The SMILES string of the molecule is Cc1nc2cc(=O)[nH]n2c(C)c1CCC(=O)NC12CC3CC(CC(C3)C1)C2. The molecule has 6 nitrogen and oxygen atoms in total. The Bertz CT molecular complexity index is 935. The molecule has 2 N–H and O–H groups in total. The predicted molar refractivity (Wildman–Crippen MR) is 103 cm³/mol. The molecule has 4 aliphatic carbocycles. The summed E-state index contributed by atoms with van der Waals surface area (Å²) in [4.78, 5) is 28.9. The van der Waals surface area contributed by atoms with Crippen molar-refractivity contribution in [3.63, 3.8) is 0 Å². The van der Waals surface area contributed by atoms with Crippen LogP contribution < -0.4 is 10.9 Å². The van der Waals surface area contributed by atoms with Gasteiger partial charge in [-0.1, -0.05) is 0 Å². The monoisotopic (exact) mass is 368 g/mol. The van der Waals surface area contributed by atoms with Gasteiger partial charge in [0.1, 0.15) is 0 Å². The number of aryl methyl sites for hydroxylation is 2. The quantitative estimate of drug-likeness (QED) is 0.871. The Morgan fingerprint density at radius 1 is 1.22 bits per heavy atom. The fourth-order valence-electron chi connectivity index (χ4n) is 6.58. The minimum absolute atomic E-state index is 0.0732. The second kappa shape index (κ2) is 5.94. The van der Waals surface area contributed by atoms with Crippen LogP contribution in [0.3, 0.4) is 0 Å². The number of amides is 1. The highest BCUT2D eigenvalue weighted by Crippen LogP contribution is 2.55. The summed E-state index contributed by atoms with van der Waals surface area (Å²) in [6, 6.07) is 1.50. The molecule has 4 bridgehead atoms. The van der Waals surface area contributed by atoms with E-state index < -0.39 is 0 Å². The molecule has 0 aliphatic heterocycles. The van der Waals surface area contributed by atoms with Gasteiger partial charge in [-0.15, -0.1) is 0 Å². The molecule has 0 spiro atoms. The number of aromatic amines is 1. The van der Waals surface area contributed by atoms with Crippen molar-refractivity contribution in [1.82, 2.24) is 19.9 Å². The van der Waals surface area contributed by atoms with Gasteiger partial charge in [-0.3, -0.25) is 14.7 Å². The summed E-state index contributed by atoms with van der Waals surface area (Å²) in [5, 5.41) is 6.23. The highest BCUT2D eigenvalue weighted by molar-refractivity contribution is 5.77. The second-order valence-corrected chi connectivity index (χ2v) is 9.32. The zero-order valence-electron chi connectivity index (χ0n) is 16.2. The van der Waals surface area contributed by atoms with E-state index >= 15 is 0 Å². The van der Waals surface area contributed by atoms with Crippen LogP contribution in [-0.4, -0.2) is 26.0 Å². The third kappa shape index (κ3) is 2.89. The molecule has 0 atom stereocenters. The Hall–Kier alpha value is -2.11. The van der Waals surface area contributed by atoms with Crippen LogP contribution in [0.25, 0.3) is 5.65 Å². The summed E-state index contributed by atoms with van der Waals surface area (Å²) in [6.07, 6.45) is 8.82. The topological polar surface area (TPSA) is 79.3 Å². The maximum Gasteiger partial charge on any atom is 0.266 e. The first-order chi connectivity index (χ1) is 12.9. The van der Waals surface area contributed by atoms with Crippen LogP contribution >= 0.6 is 0 Å². The van der Waals surface area contributed by atoms with Crippen molar-refractivity contribution in [1.29, 1.82) is 0 Å². The molecule has 4 aliphatic rings. The van der Waals surface area contributed by atoms with Gasteiger partial charge in [0.25, 0.3) is 5.56 Å². The largest absolute Gasteiger partial charge is 0.351 e. The summed E-state index contributed by atoms with van der Waals surface area (Å²) in [5.41, 5.74) is 3.47. The highest BCUT2D eigenvalue weighted by atomic mass is 16.1. The van der Waals surface area contributed by atoms with Gasteiger partial charge in [0.05, 0.1) is 0 Å². The first-order valence-corrected chi connectivity index (χ1v) is 10.3. The fraction of sp³-hybridized carbons (Fsp3) is 0.667. The molecule has 4 saturated carbocycles. The van der Waals surface area contributed by atoms with E-state index in [9.17, 15) is 9.59 Å². The average molecular weight is 368 g/mol. The van der Waals surface area contributed by atoms with Crippen LogP contribution in [-0.2, 0) is 11.2 Å². The Labute approximate surface area is 158 Å². The van der Waals surface area contributed by atoms with Gasteiger partial charge in [0.15, 0.2) is 5.65 Å². The molecule has 0 saturated heterocycles. The maximum absolute atomic E-state index is 12.8. The van der Waals surface area contributed by atoms with Crippen molar-refractivity contribution >= 4 is 11.6 Å². The first kappa shape index (κ1) is 17.0. The molecular formula is C21H28N4O2. The molecule has 6 rings (SSSR count). The number of carbonyl (C=O) groups is 1. The van der Waals surface area contributed by atoms with Crippen LogP contribution in [0.2, 0.25) is 0 Å². The molecular weight excluding hydrogens is 340 g/mol. The van der Waals surface area contributed by atoms with E-state index in [-0.39, 0.29) is 17.0 Å². The lowest BCUT2D eigenvalue weighted by Gasteiger charge is -2.56. The third-order valence-electron chi connectivity index (χ3n) is 7.25. The number of H-pyrrole nitrogens is 1. The normalized spacial score (nSPS) is 31.6. The van der Waals surface area contributed by atoms with E-state index in [1.165, 1.54) is 44.6 Å². The van der Waals surface area contributed by atoms with Gasteiger partial charge in [0, 0.05) is 29.4 Å². The minimum atomic E-state index is -0.151. The Morgan fingerprint density at radius 2 is 1.85 bits per heavy atom. The zero-order chi connectivity index (χ0) is 18.8.